The second-order valence-corrected chi connectivity index (χ2v) is 4.97. The average molecular weight is 268 g/mol. The number of carbonyl (C=O) groups excluding carboxylic acids is 1. The largest absolute Gasteiger partial charge is 0.381 e. The summed E-state index contributed by atoms with van der Waals surface area (Å²) in [7, 11) is 1.66. The van der Waals surface area contributed by atoms with Gasteiger partial charge in [-0.3, -0.25) is 4.79 Å². The lowest BCUT2D eigenvalue weighted by Gasteiger charge is -2.17. The molecule has 1 aromatic rings. The van der Waals surface area contributed by atoms with Crippen molar-refractivity contribution < 1.29 is 13.6 Å². The third-order valence-electron chi connectivity index (χ3n) is 3.22. The Morgan fingerprint density at radius 3 is 2.42 bits per heavy atom. The molecule has 3 nitrogen and oxygen atoms in total. The van der Waals surface area contributed by atoms with Gasteiger partial charge in [0.1, 0.15) is 17.3 Å². The number of halogens is 2. The van der Waals surface area contributed by atoms with Crippen LogP contribution in [0.15, 0.2) is 12.1 Å². The van der Waals surface area contributed by atoms with Crippen molar-refractivity contribution in [2.75, 3.05) is 25.5 Å². The topological polar surface area (TPSA) is 32.3 Å². The average Bonchev–Trinajstić information content (AvgIpc) is 3.16. The van der Waals surface area contributed by atoms with Crippen molar-refractivity contribution >= 4 is 11.6 Å². The molecule has 1 amide bonds. The van der Waals surface area contributed by atoms with Crippen LogP contribution in [0.4, 0.5) is 14.5 Å². The molecule has 0 aromatic heterocycles. The number of hydrogen-bond donors (Lipinski definition) is 1. The molecule has 1 N–H and O–H groups in total. The summed E-state index contributed by atoms with van der Waals surface area (Å²) in [6.45, 7) is 2.82. The quantitative estimate of drug-likeness (QED) is 0.890. The molecule has 1 fully saturated rings. The molecular formula is C14H18F2N2O. The Labute approximate surface area is 111 Å². The van der Waals surface area contributed by atoms with E-state index in [1.807, 2.05) is 0 Å². The van der Waals surface area contributed by atoms with E-state index in [0.717, 1.165) is 25.0 Å². The van der Waals surface area contributed by atoms with Crippen LogP contribution in [-0.2, 0) is 0 Å². The van der Waals surface area contributed by atoms with Crippen LogP contribution in [0.5, 0.6) is 0 Å². The Kier molecular flexibility index (Phi) is 4.02. The number of amides is 1. The van der Waals surface area contributed by atoms with E-state index in [-0.39, 0.29) is 17.2 Å². The minimum Gasteiger partial charge on any atom is -0.381 e. The first kappa shape index (κ1) is 13.8. The number of benzene rings is 1. The molecule has 0 saturated heterocycles. The molecule has 1 saturated carbocycles. The maximum absolute atomic E-state index is 13.7. The zero-order valence-corrected chi connectivity index (χ0v) is 11.2. The summed E-state index contributed by atoms with van der Waals surface area (Å²) in [5, 5.41) is 2.61. The molecule has 0 radical (unpaired) electrons. The molecule has 2 rings (SSSR count). The molecule has 0 heterocycles. The van der Waals surface area contributed by atoms with Crippen LogP contribution < -0.4 is 5.32 Å². The van der Waals surface area contributed by atoms with Gasteiger partial charge in [0, 0.05) is 25.7 Å². The van der Waals surface area contributed by atoms with E-state index in [9.17, 15) is 13.6 Å². The van der Waals surface area contributed by atoms with Gasteiger partial charge in [-0.2, -0.15) is 0 Å². The zero-order valence-electron chi connectivity index (χ0n) is 11.2. The van der Waals surface area contributed by atoms with E-state index in [4.69, 9.17) is 0 Å². The molecule has 104 valence electrons. The highest BCUT2D eigenvalue weighted by Crippen LogP contribution is 2.30. The van der Waals surface area contributed by atoms with Crippen molar-refractivity contribution in [2.24, 2.45) is 5.92 Å². The fraction of sp³-hybridized carbons (Fsp3) is 0.500. The molecule has 0 spiro atoms. The fourth-order valence-electron chi connectivity index (χ4n) is 2.03. The van der Waals surface area contributed by atoms with Gasteiger partial charge in [-0.1, -0.05) is 0 Å². The normalized spacial score (nSPS) is 14.3. The van der Waals surface area contributed by atoms with Crippen LogP contribution >= 0.6 is 0 Å². The molecule has 1 aliphatic rings. The Bertz CT molecular complexity index is 463. The minimum absolute atomic E-state index is 0.0554. The van der Waals surface area contributed by atoms with Gasteiger partial charge in [-0.15, -0.1) is 0 Å². The van der Waals surface area contributed by atoms with Crippen LogP contribution in [0.3, 0.4) is 0 Å². The SMILES string of the molecule is CCNc1c(F)cc(C(=O)N(C)CC2CC2)cc1F. The number of anilines is 1. The van der Waals surface area contributed by atoms with Crippen LogP contribution in [0.25, 0.3) is 0 Å². The predicted molar refractivity (Wildman–Crippen MR) is 70.2 cm³/mol. The molecular weight excluding hydrogens is 250 g/mol. The van der Waals surface area contributed by atoms with Gasteiger partial charge in [0.15, 0.2) is 0 Å². The van der Waals surface area contributed by atoms with Crippen molar-refractivity contribution in [3.05, 3.63) is 29.3 Å². The molecule has 1 aliphatic carbocycles. The van der Waals surface area contributed by atoms with E-state index in [1.165, 1.54) is 4.90 Å². The van der Waals surface area contributed by atoms with Crippen molar-refractivity contribution in [1.29, 1.82) is 0 Å². The molecule has 0 bridgehead atoms. The number of carbonyl (C=O) groups is 1. The van der Waals surface area contributed by atoms with Gasteiger partial charge < -0.3 is 10.2 Å². The summed E-state index contributed by atoms with van der Waals surface area (Å²) in [5.41, 5.74) is -0.122. The summed E-state index contributed by atoms with van der Waals surface area (Å²) in [6.07, 6.45) is 2.25. The van der Waals surface area contributed by atoms with Crippen molar-refractivity contribution in [3.63, 3.8) is 0 Å². The van der Waals surface area contributed by atoms with Gasteiger partial charge in [-0.05, 0) is 37.8 Å². The van der Waals surface area contributed by atoms with Crippen LogP contribution in [0.2, 0.25) is 0 Å². The monoisotopic (exact) mass is 268 g/mol. The molecule has 0 aliphatic heterocycles. The van der Waals surface area contributed by atoms with Crippen molar-refractivity contribution in [2.45, 2.75) is 19.8 Å². The second kappa shape index (κ2) is 5.55. The molecule has 19 heavy (non-hydrogen) atoms. The lowest BCUT2D eigenvalue weighted by Crippen LogP contribution is -2.29. The summed E-state index contributed by atoms with van der Waals surface area (Å²) in [4.78, 5) is 13.6. The van der Waals surface area contributed by atoms with Crippen LogP contribution in [0, 0.1) is 17.6 Å². The maximum Gasteiger partial charge on any atom is 0.253 e. The minimum atomic E-state index is -0.731. The van der Waals surface area contributed by atoms with Crippen molar-refractivity contribution in [1.82, 2.24) is 4.90 Å². The van der Waals surface area contributed by atoms with E-state index in [1.54, 1.807) is 14.0 Å². The van der Waals surface area contributed by atoms with Crippen LogP contribution in [0.1, 0.15) is 30.1 Å². The van der Waals surface area contributed by atoms with Gasteiger partial charge in [0.05, 0.1) is 0 Å². The fourth-order valence-corrected chi connectivity index (χ4v) is 2.03. The van der Waals surface area contributed by atoms with E-state index >= 15 is 0 Å². The van der Waals surface area contributed by atoms with Gasteiger partial charge in [0.25, 0.3) is 5.91 Å². The third-order valence-corrected chi connectivity index (χ3v) is 3.22. The van der Waals surface area contributed by atoms with Gasteiger partial charge in [0.2, 0.25) is 0 Å². The van der Waals surface area contributed by atoms with E-state index < -0.39 is 11.6 Å². The molecule has 0 atom stereocenters. The first-order valence-corrected chi connectivity index (χ1v) is 6.51. The predicted octanol–water partition coefficient (Wildman–Crippen LogP) is 2.88. The summed E-state index contributed by atoms with van der Waals surface area (Å²) in [5.74, 6) is -1.26. The summed E-state index contributed by atoms with van der Waals surface area (Å²) in [6, 6.07) is 2.18. The molecule has 5 heteroatoms. The first-order valence-electron chi connectivity index (χ1n) is 6.51. The molecule has 0 unspecified atom stereocenters. The maximum atomic E-state index is 13.7. The number of nitrogens with one attached hydrogen (secondary N) is 1. The smallest absolute Gasteiger partial charge is 0.253 e. The highest BCUT2D eigenvalue weighted by Gasteiger charge is 2.26. The highest BCUT2D eigenvalue weighted by molar-refractivity contribution is 5.94. The standard InChI is InChI=1S/C14H18F2N2O/c1-3-17-13-11(15)6-10(7-12(13)16)14(19)18(2)8-9-4-5-9/h6-7,9,17H,3-5,8H2,1-2H3. The Balaban J connectivity index is 2.17. The second-order valence-electron chi connectivity index (χ2n) is 4.97. The van der Waals surface area contributed by atoms with Gasteiger partial charge in [-0.25, -0.2) is 8.78 Å². The van der Waals surface area contributed by atoms with Gasteiger partial charge >= 0.3 is 0 Å². The zero-order chi connectivity index (χ0) is 14.0. The van der Waals surface area contributed by atoms with E-state index in [0.29, 0.717) is 19.0 Å². The Morgan fingerprint density at radius 1 is 1.37 bits per heavy atom. The number of nitrogens with zero attached hydrogens (tertiary/aromatic N) is 1. The summed E-state index contributed by atoms with van der Waals surface area (Å²) >= 11 is 0. The Morgan fingerprint density at radius 2 is 1.95 bits per heavy atom. The number of rotatable bonds is 5. The lowest BCUT2D eigenvalue weighted by molar-refractivity contribution is 0.0787. The lowest BCUT2D eigenvalue weighted by atomic mass is 10.1. The Hall–Kier alpha value is -1.65. The highest BCUT2D eigenvalue weighted by atomic mass is 19.1. The van der Waals surface area contributed by atoms with E-state index in [2.05, 4.69) is 5.32 Å². The van der Waals surface area contributed by atoms with Crippen LogP contribution in [-0.4, -0.2) is 30.9 Å². The third kappa shape index (κ3) is 3.22. The number of hydrogen-bond acceptors (Lipinski definition) is 2. The van der Waals surface area contributed by atoms with Crippen molar-refractivity contribution in [3.8, 4) is 0 Å². The first-order chi connectivity index (χ1) is 9.02. The molecule has 1 aromatic carbocycles. The summed E-state index contributed by atoms with van der Waals surface area (Å²) < 4.78 is 27.4.